The zero-order valence-corrected chi connectivity index (χ0v) is 12.3. The normalized spacial score (nSPS) is 24.9. The van der Waals surface area contributed by atoms with Gasteiger partial charge in [0.1, 0.15) is 5.75 Å². The first-order chi connectivity index (χ1) is 9.29. The van der Waals surface area contributed by atoms with Crippen molar-refractivity contribution in [3.8, 4) is 5.75 Å². The molecule has 1 aliphatic rings. The van der Waals surface area contributed by atoms with Gasteiger partial charge in [-0.3, -0.25) is 0 Å². The van der Waals surface area contributed by atoms with Crippen LogP contribution in [-0.4, -0.2) is 19.7 Å². The molecule has 1 N–H and O–H groups in total. The summed E-state index contributed by atoms with van der Waals surface area (Å²) in [6.45, 7) is 3.19. The lowest BCUT2D eigenvalue weighted by atomic mass is 9.78. The smallest absolute Gasteiger partial charge is 0.119 e. The molecule has 1 saturated carbocycles. The van der Waals surface area contributed by atoms with Crippen molar-refractivity contribution in [2.75, 3.05) is 13.7 Å². The fourth-order valence-electron chi connectivity index (χ4n) is 3.12. The molecule has 0 aliphatic heterocycles. The molecule has 2 heteroatoms. The van der Waals surface area contributed by atoms with E-state index in [1.165, 1.54) is 25.7 Å². The van der Waals surface area contributed by atoms with Gasteiger partial charge >= 0.3 is 0 Å². The molecular formula is C17H27NO. The van der Waals surface area contributed by atoms with E-state index in [2.05, 4.69) is 19.3 Å². The van der Waals surface area contributed by atoms with E-state index in [0.717, 1.165) is 30.6 Å². The molecule has 2 rings (SSSR count). The SMILES string of the molecule is CNC(CCOc1ccccc1)C1CCC(C)CC1. The van der Waals surface area contributed by atoms with Crippen molar-refractivity contribution in [3.05, 3.63) is 30.3 Å². The molecule has 106 valence electrons. The number of nitrogens with one attached hydrogen (secondary N) is 1. The molecule has 0 aromatic heterocycles. The lowest BCUT2D eigenvalue weighted by molar-refractivity contribution is 0.202. The Morgan fingerprint density at radius 2 is 1.84 bits per heavy atom. The van der Waals surface area contributed by atoms with Crippen molar-refractivity contribution in [1.29, 1.82) is 0 Å². The van der Waals surface area contributed by atoms with Gasteiger partial charge in [0.2, 0.25) is 0 Å². The number of rotatable bonds is 6. The van der Waals surface area contributed by atoms with Crippen molar-refractivity contribution in [2.45, 2.75) is 45.1 Å². The molecule has 1 aromatic rings. The van der Waals surface area contributed by atoms with Crippen molar-refractivity contribution in [1.82, 2.24) is 5.32 Å². The van der Waals surface area contributed by atoms with E-state index in [-0.39, 0.29) is 0 Å². The van der Waals surface area contributed by atoms with E-state index in [0.29, 0.717) is 6.04 Å². The summed E-state index contributed by atoms with van der Waals surface area (Å²) in [5, 5.41) is 3.49. The minimum atomic E-state index is 0.608. The van der Waals surface area contributed by atoms with Gasteiger partial charge in [-0.2, -0.15) is 0 Å². The average molecular weight is 261 g/mol. The van der Waals surface area contributed by atoms with Gasteiger partial charge in [-0.25, -0.2) is 0 Å². The van der Waals surface area contributed by atoms with Crippen LogP contribution >= 0.6 is 0 Å². The highest BCUT2D eigenvalue weighted by atomic mass is 16.5. The molecule has 0 heterocycles. The Kier molecular flexibility index (Phi) is 5.71. The van der Waals surface area contributed by atoms with Gasteiger partial charge < -0.3 is 10.1 Å². The Morgan fingerprint density at radius 3 is 2.47 bits per heavy atom. The average Bonchev–Trinajstić information content (AvgIpc) is 2.46. The number of para-hydroxylation sites is 1. The molecule has 1 fully saturated rings. The second-order valence-electron chi connectivity index (χ2n) is 5.87. The summed E-state index contributed by atoms with van der Waals surface area (Å²) in [4.78, 5) is 0. The zero-order valence-electron chi connectivity index (χ0n) is 12.3. The minimum Gasteiger partial charge on any atom is -0.494 e. The number of hydrogen-bond acceptors (Lipinski definition) is 2. The predicted octanol–water partition coefficient (Wildman–Crippen LogP) is 3.87. The number of ether oxygens (including phenoxy) is 1. The third kappa shape index (κ3) is 4.54. The first-order valence-corrected chi connectivity index (χ1v) is 7.64. The molecule has 0 amide bonds. The summed E-state index contributed by atoms with van der Waals surface area (Å²) in [6, 6.07) is 10.7. The van der Waals surface area contributed by atoms with Crippen LogP contribution in [0, 0.1) is 11.8 Å². The largest absolute Gasteiger partial charge is 0.494 e. The van der Waals surface area contributed by atoms with E-state index in [9.17, 15) is 0 Å². The highest BCUT2D eigenvalue weighted by Gasteiger charge is 2.24. The van der Waals surface area contributed by atoms with Gasteiger partial charge in [0.25, 0.3) is 0 Å². The molecular weight excluding hydrogens is 234 g/mol. The van der Waals surface area contributed by atoms with Crippen LogP contribution in [0.1, 0.15) is 39.0 Å². The second kappa shape index (κ2) is 7.54. The molecule has 1 aromatic carbocycles. The van der Waals surface area contributed by atoms with Crippen LogP contribution in [0.15, 0.2) is 30.3 Å². The van der Waals surface area contributed by atoms with Crippen LogP contribution in [0.3, 0.4) is 0 Å². The Hall–Kier alpha value is -1.02. The van der Waals surface area contributed by atoms with E-state index in [1.807, 2.05) is 30.3 Å². The summed E-state index contributed by atoms with van der Waals surface area (Å²) in [6.07, 6.45) is 6.63. The third-order valence-electron chi connectivity index (χ3n) is 4.44. The van der Waals surface area contributed by atoms with Crippen molar-refractivity contribution in [2.24, 2.45) is 11.8 Å². The fraction of sp³-hybridized carbons (Fsp3) is 0.647. The van der Waals surface area contributed by atoms with Gasteiger partial charge in [-0.1, -0.05) is 38.0 Å². The lowest BCUT2D eigenvalue weighted by Crippen LogP contribution is -2.36. The first kappa shape index (κ1) is 14.4. The third-order valence-corrected chi connectivity index (χ3v) is 4.44. The molecule has 0 radical (unpaired) electrons. The molecule has 0 bridgehead atoms. The van der Waals surface area contributed by atoms with Crippen LogP contribution in [0.25, 0.3) is 0 Å². The Labute approximate surface area is 117 Å². The Balaban J connectivity index is 1.73. The van der Waals surface area contributed by atoms with Gasteiger partial charge in [-0.05, 0) is 50.3 Å². The van der Waals surface area contributed by atoms with E-state index in [1.54, 1.807) is 0 Å². The monoisotopic (exact) mass is 261 g/mol. The van der Waals surface area contributed by atoms with Crippen LogP contribution in [-0.2, 0) is 0 Å². The lowest BCUT2D eigenvalue weighted by Gasteiger charge is -2.32. The molecule has 0 spiro atoms. The number of hydrogen-bond donors (Lipinski definition) is 1. The van der Waals surface area contributed by atoms with Gasteiger partial charge in [-0.15, -0.1) is 0 Å². The van der Waals surface area contributed by atoms with E-state index >= 15 is 0 Å². The van der Waals surface area contributed by atoms with Crippen LogP contribution in [0.4, 0.5) is 0 Å². The highest BCUT2D eigenvalue weighted by Crippen LogP contribution is 2.31. The molecule has 1 unspecified atom stereocenters. The summed E-state index contributed by atoms with van der Waals surface area (Å²) >= 11 is 0. The maximum absolute atomic E-state index is 5.81. The first-order valence-electron chi connectivity index (χ1n) is 7.64. The van der Waals surface area contributed by atoms with Crippen LogP contribution in [0.2, 0.25) is 0 Å². The van der Waals surface area contributed by atoms with Crippen molar-refractivity contribution < 1.29 is 4.74 Å². The number of benzene rings is 1. The Morgan fingerprint density at radius 1 is 1.16 bits per heavy atom. The maximum atomic E-state index is 5.81. The molecule has 2 nitrogen and oxygen atoms in total. The fourth-order valence-corrected chi connectivity index (χ4v) is 3.12. The van der Waals surface area contributed by atoms with Gasteiger partial charge in [0, 0.05) is 6.04 Å². The van der Waals surface area contributed by atoms with Crippen molar-refractivity contribution in [3.63, 3.8) is 0 Å². The minimum absolute atomic E-state index is 0.608. The van der Waals surface area contributed by atoms with Crippen LogP contribution < -0.4 is 10.1 Å². The maximum Gasteiger partial charge on any atom is 0.119 e. The van der Waals surface area contributed by atoms with Crippen molar-refractivity contribution >= 4 is 0 Å². The molecule has 0 saturated heterocycles. The molecule has 1 aliphatic carbocycles. The van der Waals surface area contributed by atoms with Gasteiger partial charge in [0.15, 0.2) is 0 Å². The standard InChI is InChI=1S/C17H27NO/c1-14-8-10-15(11-9-14)17(18-2)12-13-19-16-6-4-3-5-7-16/h3-7,14-15,17-18H,8-13H2,1-2H3. The predicted molar refractivity (Wildman–Crippen MR) is 80.5 cm³/mol. The quantitative estimate of drug-likeness (QED) is 0.839. The van der Waals surface area contributed by atoms with E-state index in [4.69, 9.17) is 4.74 Å². The second-order valence-corrected chi connectivity index (χ2v) is 5.87. The zero-order chi connectivity index (χ0) is 13.5. The molecule has 1 atom stereocenters. The summed E-state index contributed by atoms with van der Waals surface area (Å²) < 4.78 is 5.81. The van der Waals surface area contributed by atoms with Crippen LogP contribution in [0.5, 0.6) is 5.75 Å². The summed E-state index contributed by atoms with van der Waals surface area (Å²) in [5.41, 5.74) is 0. The van der Waals surface area contributed by atoms with E-state index < -0.39 is 0 Å². The summed E-state index contributed by atoms with van der Waals surface area (Å²) in [7, 11) is 2.09. The Bertz CT molecular complexity index is 344. The summed E-state index contributed by atoms with van der Waals surface area (Å²) in [5.74, 6) is 2.74. The topological polar surface area (TPSA) is 21.3 Å². The van der Waals surface area contributed by atoms with Gasteiger partial charge in [0.05, 0.1) is 6.61 Å². The molecule has 19 heavy (non-hydrogen) atoms. The highest BCUT2D eigenvalue weighted by molar-refractivity contribution is 5.20.